The fourth-order valence-electron chi connectivity index (χ4n) is 1.65. The Balaban J connectivity index is 3.04. The molecule has 21 heavy (non-hydrogen) atoms. The van der Waals surface area contributed by atoms with E-state index in [0.29, 0.717) is 5.69 Å². The van der Waals surface area contributed by atoms with Gasteiger partial charge in [-0.25, -0.2) is 8.42 Å². The van der Waals surface area contributed by atoms with Crippen molar-refractivity contribution in [1.29, 1.82) is 0 Å². The summed E-state index contributed by atoms with van der Waals surface area (Å²) in [6.45, 7) is 0.0174. The third kappa shape index (κ3) is 4.71. The number of amides is 1. The highest BCUT2D eigenvalue weighted by Crippen LogP contribution is 2.23. The Morgan fingerprint density at radius 2 is 2.05 bits per heavy atom. The zero-order valence-corrected chi connectivity index (χ0v) is 12.8. The standard InChI is InChI=1S/C12H17N3O5S/c1-13-11-5-4-9(15(17)18)8-10(11)12(16)14(2)6-7-21(3,19)20/h4-5,8,13H,6-7H2,1-3H3. The van der Waals surface area contributed by atoms with Crippen LogP contribution in [0.1, 0.15) is 10.4 Å². The average molecular weight is 315 g/mol. The SMILES string of the molecule is CNc1ccc([N+](=O)[O-])cc1C(=O)N(C)CCS(C)(=O)=O. The van der Waals surface area contributed by atoms with Gasteiger partial charge in [0.05, 0.1) is 16.2 Å². The van der Waals surface area contributed by atoms with E-state index in [1.54, 1.807) is 7.05 Å². The van der Waals surface area contributed by atoms with E-state index >= 15 is 0 Å². The van der Waals surface area contributed by atoms with E-state index < -0.39 is 20.7 Å². The van der Waals surface area contributed by atoms with E-state index in [1.807, 2.05) is 0 Å². The summed E-state index contributed by atoms with van der Waals surface area (Å²) in [4.78, 5) is 23.7. The quantitative estimate of drug-likeness (QED) is 0.613. The maximum atomic E-state index is 12.3. The Morgan fingerprint density at radius 1 is 1.43 bits per heavy atom. The second-order valence-corrected chi connectivity index (χ2v) is 6.85. The minimum Gasteiger partial charge on any atom is -0.387 e. The van der Waals surface area contributed by atoms with Gasteiger partial charge in [-0.15, -0.1) is 0 Å². The van der Waals surface area contributed by atoms with Gasteiger partial charge < -0.3 is 10.2 Å². The van der Waals surface area contributed by atoms with Crippen molar-refractivity contribution in [1.82, 2.24) is 4.90 Å². The summed E-state index contributed by atoms with van der Waals surface area (Å²) in [5.74, 6) is -0.648. The Hall–Kier alpha value is -2.16. The third-order valence-electron chi connectivity index (χ3n) is 2.86. The summed E-state index contributed by atoms with van der Waals surface area (Å²) >= 11 is 0. The van der Waals surface area contributed by atoms with Crippen LogP contribution >= 0.6 is 0 Å². The molecule has 0 unspecified atom stereocenters. The second kappa shape index (κ2) is 6.53. The molecule has 116 valence electrons. The second-order valence-electron chi connectivity index (χ2n) is 4.59. The van der Waals surface area contributed by atoms with Crippen molar-refractivity contribution >= 4 is 27.1 Å². The molecular weight excluding hydrogens is 298 g/mol. The van der Waals surface area contributed by atoms with Gasteiger partial charge in [0.25, 0.3) is 11.6 Å². The monoisotopic (exact) mass is 315 g/mol. The molecule has 0 saturated carbocycles. The molecule has 0 spiro atoms. The smallest absolute Gasteiger partial charge is 0.270 e. The Morgan fingerprint density at radius 3 is 2.52 bits per heavy atom. The van der Waals surface area contributed by atoms with Gasteiger partial charge in [-0.3, -0.25) is 14.9 Å². The lowest BCUT2D eigenvalue weighted by molar-refractivity contribution is -0.384. The zero-order chi connectivity index (χ0) is 16.2. The number of anilines is 1. The van der Waals surface area contributed by atoms with Crippen molar-refractivity contribution < 1.29 is 18.1 Å². The molecular formula is C12H17N3O5S. The average Bonchev–Trinajstić information content (AvgIpc) is 2.42. The first-order chi connectivity index (χ1) is 9.65. The number of carbonyl (C=O) groups excluding carboxylic acids is 1. The van der Waals surface area contributed by atoms with Crippen molar-refractivity contribution in [3.05, 3.63) is 33.9 Å². The summed E-state index contributed by atoms with van der Waals surface area (Å²) in [7, 11) is -0.148. The number of rotatable bonds is 6. The minimum atomic E-state index is -3.19. The predicted molar refractivity (Wildman–Crippen MR) is 79.3 cm³/mol. The number of hydrogen-bond acceptors (Lipinski definition) is 6. The van der Waals surface area contributed by atoms with Crippen LogP contribution in [0, 0.1) is 10.1 Å². The highest BCUT2D eigenvalue weighted by molar-refractivity contribution is 7.90. The lowest BCUT2D eigenvalue weighted by Crippen LogP contribution is -2.31. The molecule has 9 heteroatoms. The van der Waals surface area contributed by atoms with Gasteiger partial charge in [-0.05, 0) is 6.07 Å². The van der Waals surface area contributed by atoms with Gasteiger partial charge >= 0.3 is 0 Å². The number of sulfone groups is 1. The molecule has 0 aliphatic rings. The topological polar surface area (TPSA) is 110 Å². The number of non-ortho nitro benzene ring substituents is 1. The number of nitrogens with one attached hydrogen (secondary N) is 1. The van der Waals surface area contributed by atoms with Gasteiger partial charge in [-0.2, -0.15) is 0 Å². The van der Waals surface area contributed by atoms with E-state index in [9.17, 15) is 23.3 Å². The van der Waals surface area contributed by atoms with Crippen LogP contribution in [0.25, 0.3) is 0 Å². The fraction of sp³-hybridized carbons (Fsp3) is 0.417. The molecule has 8 nitrogen and oxygen atoms in total. The molecule has 1 aromatic carbocycles. The highest BCUT2D eigenvalue weighted by atomic mass is 32.2. The van der Waals surface area contributed by atoms with Crippen LogP contribution in [0.4, 0.5) is 11.4 Å². The first kappa shape index (κ1) is 16.9. The minimum absolute atomic E-state index is 0.0174. The maximum Gasteiger partial charge on any atom is 0.270 e. The number of nitro groups is 1. The largest absolute Gasteiger partial charge is 0.387 e. The Labute approximate surface area is 122 Å². The van der Waals surface area contributed by atoms with Crippen molar-refractivity contribution in [3.8, 4) is 0 Å². The maximum absolute atomic E-state index is 12.3. The first-order valence-electron chi connectivity index (χ1n) is 6.05. The van der Waals surface area contributed by atoms with Gasteiger partial charge in [-0.1, -0.05) is 0 Å². The molecule has 0 heterocycles. The van der Waals surface area contributed by atoms with Gasteiger partial charge in [0.1, 0.15) is 9.84 Å². The molecule has 0 bridgehead atoms. The molecule has 1 aromatic rings. The van der Waals surface area contributed by atoms with E-state index in [2.05, 4.69) is 5.32 Å². The third-order valence-corrected chi connectivity index (χ3v) is 3.78. The molecule has 0 fully saturated rings. The molecule has 1 rings (SSSR count). The predicted octanol–water partition coefficient (Wildman–Crippen LogP) is 0.753. The van der Waals surface area contributed by atoms with Crippen LogP contribution in [-0.2, 0) is 9.84 Å². The van der Waals surface area contributed by atoms with Crippen molar-refractivity contribution in [2.45, 2.75) is 0 Å². The lowest BCUT2D eigenvalue weighted by Gasteiger charge is -2.18. The molecule has 0 atom stereocenters. The van der Waals surface area contributed by atoms with Crippen molar-refractivity contribution in [2.75, 3.05) is 38.0 Å². The number of benzene rings is 1. The van der Waals surface area contributed by atoms with Crippen molar-refractivity contribution in [2.24, 2.45) is 0 Å². The summed E-state index contributed by atoms with van der Waals surface area (Å²) < 4.78 is 22.2. The Kier molecular flexibility index (Phi) is 5.25. The fourth-order valence-corrected chi connectivity index (χ4v) is 2.26. The van der Waals surface area contributed by atoms with Crippen LogP contribution < -0.4 is 5.32 Å². The Bertz CT molecular complexity index is 657. The number of nitro benzene ring substituents is 1. The van der Waals surface area contributed by atoms with Gasteiger partial charge in [0.2, 0.25) is 0 Å². The molecule has 0 aliphatic heterocycles. The van der Waals surface area contributed by atoms with E-state index in [4.69, 9.17) is 0 Å². The normalized spacial score (nSPS) is 11.0. The zero-order valence-electron chi connectivity index (χ0n) is 12.0. The van der Waals surface area contributed by atoms with Crippen molar-refractivity contribution in [3.63, 3.8) is 0 Å². The summed E-state index contributed by atoms with van der Waals surface area (Å²) in [5, 5.41) is 13.6. The molecule has 0 aliphatic carbocycles. The van der Waals surface area contributed by atoms with Gasteiger partial charge in [0.15, 0.2) is 0 Å². The van der Waals surface area contributed by atoms with Gasteiger partial charge in [0, 0.05) is 44.7 Å². The molecule has 1 N–H and O–H groups in total. The van der Waals surface area contributed by atoms with E-state index in [1.165, 1.54) is 30.1 Å². The number of nitrogens with zero attached hydrogens (tertiary/aromatic N) is 2. The first-order valence-corrected chi connectivity index (χ1v) is 8.11. The molecule has 1 amide bonds. The number of carbonyl (C=O) groups is 1. The molecule has 0 saturated heterocycles. The molecule has 0 radical (unpaired) electrons. The molecule has 0 aromatic heterocycles. The number of hydrogen-bond donors (Lipinski definition) is 1. The lowest BCUT2D eigenvalue weighted by atomic mass is 10.1. The summed E-state index contributed by atoms with van der Waals surface area (Å²) in [6.07, 6.45) is 1.08. The summed E-state index contributed by atoms with van der Waals surface area (Å²) in [6, 6.07) is 3.90. The van der Waals surface area contributed by atoms with E-state index in [-0.39, 0.29) is 23.5 Å². The summed E-state index contributed by atoms with van der Waals surface area (Å²) in [5.41, 5.74) is 0.369. The van der Waals surface area contributed by atoms with Crippen LogP contribution in [-0.4, -0.2) is 56.8 Å². The van der Waals surface area contributed by atoms with Crippen LogP contribution in [0.3, 0.4) is 0 Å². The highest BCUT2D eigenvalue weighted by Gasteiger charge is 2.20. The van der Waals surface area contributed by atoms with Crippen LogP contribution in [0.15, 0.2) is 18.2 Å². The van der Waals surface area contributed by atoms with Crippen LogP contribution in [0.2, 0.25) is 0 Å². The van der Waals surface area contributed by atoms with E-state index in [0.717, 1.165) is 6.26 Å². The van der Waals surface area contributed by atoms with Crippen LogP contribution in [0.5, 0.6) is 0 Å².